The van der Waals surface area contributed by atoms with Crippen LogP contribution in [0.5, 0.6) is 0 Å². The summed E-state index contributed by atoms with van der Waals surface area (Å²) in [6.45, 7) is 0. The molecule has 0 spiro atoms. The molecule has 126 valence electrons. The first-order valence-electron chi connectivity index (χ1n) is 7.27. The highest BCUT2D eigenvalue weighted by molar-refractivity contribution is 5.93. The van der Waals surface area contributed by atoms with Crippen LogP contribution < -0.4 is 11.1 Å². The number of aryl methyl sites for hydroxylation is 1. The zero-order chi connectivity index (χ0) is 14.8. The maximum Gasteiger partial charge on any atom is 0.227 e. The van der Waals surface area contributed by atoms with Crippen molar-refractivity contribution in [1.82, 2.24) is 9.55 Å². The zero-order valence-corrected chi connectivity index (χ0v) is 14.6. The van der Waals surface area contributed by atoms with Crippen LogP contribution in [-0.2, 0) is 11.8 Å². The molecule has 1 saturated carbocycles. The summed E-state index contributed by atoms with van der Waals surface area (Å²) in [6, 6.07) is 7.94. The number of carbonyl (C=O) groups excluding carboxylic acids is 1. The number of amides is 1. The fraction of sp³-hybridized carbons (Fsp3) is 0.375. The van der Waals surface area contributed by atoms with Gasteiger partial charge in [0.1, 0.15) is 5.82 Å². The van der Waals surface area contributed by atoms with E-state index >= 15 is 0 Å². The third-order valence-electron chi connectivity index (χ3n) is 4.05. The molecule has 1 aliphatic carbocycles. The highest BCUT2D eigenvalue weighted by Crippen LogP contribution is 2.26. The largest absolute Gasteiger partial charge is 0.334 e. The van der Waals surface area contributed by atoms with Gasteiger partial charge in [-0.3, -0.25) is 4.79 Å². The predicted molar refractivity (Wildman–Crippen MR) is 97.1 cm³/mol. The third kappa shape index (κ3) is 4.47. The molecular weight excluding hydrogens is 335 g/mol. The number of imidazole rings is 1. The lowest BCUT2D eigenvalue weighted by Crippen LogP contribution is -2.23. The molecule has 7 heteroatoms. The minimum atomic E-state index is 0. The summed E-state index contributed by atoms with van der Waals surface area (Å²) in [5.41, 5.74) is 7.67. The Kier molecular flexibility index (Phi) is 7.06. The summed E-state index contributed by atoms with van der Waals surface area (Å²) in [6.07, 6.45) is 6.27. The number of rotatable bonds is 3. The molecule has 0 bridgehead atoms. The number of halogens is 2. The van der Waals surface area contributed by atoms with Crippen molar-refractivity contribution >= 4 is 36.4 Å². The van der Waals surface area contributed by atoms with Crippen LogP contribution in [0.15, 0.2) is 36.7 Å². The molecule has 0 aliphatic heterocycles. The summed E-state index contributed by atoms with van der Waals surface area (Å²) in [4.78, 5) is 16.6. The first-order valence-corrected chi connectivity index (χ1v) is 7.27. The Morgan fingerprint density at radius 3 is 2.74 bits per heavy atom. The van der Waals surface area contributed by atoms with Gasteiger partial charge in [-0.1, -0.05) is 12.1 Å². The van der Waals surface area contributed by atoms with Crippen molar-refractivity contribution in [3.63, 3.8) is 0 Å². The molecule has 5 nitrogen and oxygen atoms in total. The highest BCUT2D eigenvalue weighted by Gasteiger charge is 2.27. The normalized spacial score (nSPS) is 19.6. The van der Waals surface area contributed by atoms with Crippen LogP contribution in [0.1, 0.15) is 19.3 Å². The predicted octanol–water partition coefficient (Wildman–Crippen LogP) is 3.00. The number of nitrogens with zero attached hydrogens (tertiary/aromatic N) is 2. The van der Waals surface area contributed by atoms with Crippen molar-refractivity contribution < 1.29 is 4.79 Å². The fourth-order valence-electron chi connectivity index (χ4n) is 2.88. The maximum absolute atomic E-state index is 12.2. The third-order valence-corrected chi connectivity index (χ3v) is 4.05. The summed E-state index contributed by atoms with van der Waals surface area (Å²) in [5.74, 6) is 0.991. The second-order valence-corrected chi connectivity index (χ2v) is 5.70. The van der Waals surface area contributed by atoms with Crippen LogP contribution in [0.3, 0.4) is 0 Å². The average Bonchev–Trinajstić information content (AvgIpc) is 3.08. The molecule has 23 heavy (non-hydrogen) atoms. The van der Waals surface area contributed by atoms with Crippen LogP contribution >= 0.6 is 24.8 Å². The molecule has 0 radical (unpaired) electrons. The second kappa shape index (κ2) is 8.34. The van der Waals surface area contributed by atoms with E-state index in [0.717, 1.165) is 36.3 Å². The van der Waals surface area contributed by atoms with E-state index in [-0.39, 0.29) is 42.7 Å². The Hall–Kier alpha value is -1.56. The molecule has 1 heterocycles. The Morgan fingerprint density at radius 1 is 1.35 bits per heavy atom. The number of nitrogens with two attached hydrogens (primary N) is 1. The zero-order valence-electron chi connectivity index (χ0n) is 12.9. The summed E-state index contributed by atoms with van der Waals surface area (Å²) in [5, 5.41) is 2.99. The van der Waals surface area contributed by atoms with Gasteiger partial charge in [-0.15, -0.1) is 24.8 Å². The van der Waals surface area contributed by atoms with E-state index < -0.39 is 0 Å². The molecule has 3 N–H and O–H groups in total. The maximum atomic E-state index is 12.2. The molecule has 1 aromatic heterocycles. The molecule has 0 saturated heterocycles. The Bertz CT molecular complexity index is 659. The standard InChI is InChI=1S/C16H20N4O.2ClH/c1-20-8-7-18-15(20)11-3-2-4-14(10-11)19-16(21)12-5-6-13(17)9-12;;/h2-4,7-8,10,12-13H,5-6,9,17H2,1H3,(H,19,21);2*1H. The van der Waals surface area contributed by atoms with Gasteiger partial charge >= 0.3 is 0 Å². The van der Waals surface area contributed by atoms with Crippen LogP contribution in [-0.4, -0.2) is 21.5 Å². The molecule has 3 rings (SSSR count). The molecule has 1 aliphatic rings. The number of aromatic nitrogens is 2. The molecule has 1 aromatic carbocycles. The number of benzene rings is 1. The number of anilines is 1. The lowest BCUT2D eigenvalue weighted by molar-refractivity contribution is -0.119. The van der Waals surface area contributed by atoms with Crippen molar-refractivity contribution in [3.8, 4) is 11.4 Å². The van der Waals surface area contributed by atoms with E-state index in [4.69, 9.17) is 5.73 Å². The number of carbonyl (C=O) groups is 1. The molecule has 1 fully saturated rings. The van der Waals surface area contributed by atoms with E-state index in [0.29, 0.717) is 0 Å². The van der Waals surface area contributed by atoms with Crippen molar-refractivity contribution in [2.24, 2.45) is 18.7 Å². The van der Waals surface area contributed by atoms with Crippen LogP contribution in [0.4, 0.5) is 5.69 Å². The minimum absolute atomic E-state index is 0. The van der Waals surface area contributed by atoms with Crippen LogP contribution in [0.2, 0.25) is 0 Å². The summed E-state index contributed by atoms with van der Waals surface area (Å²) >= 11 is 0. The lowest BCUT2D eigenvalue weighted by atomic mass is 10.1. The summed E-state index contributed by atoms with van der Waals surface area (Å²) < 4.78 is 1.96. The van der Waals surface area contributed by atoms with E-state index in [2.05, 4.69) is 10.3 Å². The quantitative estimate of drug-likeness (QED) is 0.887. The first kappa shape index (κ1) is 19.5. The molecule has 2 unspecified atom stereocenters. The van der Waals surface area contributed by atoms with Gasteiger partial charge in [0.05, 0.1) is 0 Å². The van der Waals surface area contributed by atoms with Crippen LogP contribution in [0, 0.1) is 5.92 Å². The Morgan fingerprint density at radius 2 is 2.13 bits per heavy atom. The van der Waals surface area contributed by atoms with Crippen molar-refractivity contribution in [2.75, 3.05) is 5.32 Å². The Labute approximate surface area is 148 Å². The highest BCUT2D eigenvalue weighted by atomic mass is 35.5. The van der Waals surface area contributed by atoms with Gasteiger partial charge in [0.15, 0.2) is 0 Å². The van der Waals surface area contributed by atoms with Gasteiger partial charge in [-0.2, -0.15) is 0 Å². The van der Waals surface area contributed by atoms with Gasteiger partial charge in [-0.25, -0.2) is 4.98 Å². The van der Waals surface area contributed by atoms with Gasteiger partial charge in [0.2, 0.25) is 5.91 Å². The SMILES string of the molecule is Cl.Cl.Cn1ccnc1-c1cccc(NC(=O)C2CCC(N)C2)c1. The van der Waals surface area contributed by atoms with E-state index in [9.17, 15) is 4.79 Å². The lowest BCUT2D eigenvalue weighted by Gasteiger charge is -2.11. The van der Waals surface area contributed by atoms with E-state index in [1.54, 1.807) is 6.20 Å². The first-order chi connectivity index (χ1) is 10.1. The fourth-order valence-corrected chi connectivity index (χ4v) is 2.88. The molecular formula is C16H22Cl2N4O. The number of hydrogen-bond acceptors (Lipinski definition) is 3. The van der Waals surface area contributed by atoms with Gasteiger partial charge in [0.25, 0.3) is 0 Å². The van der Waals surface area contributed by atoms with Crippen LogP contribution in [0.25, 0.3) is 11.4 Å². The molecule has 2 atom stereocenters. The van der Waals surface area contributed by atoms with Crippen molar-refractivity contribution in [3.05, 3.63) is 36.7 Å². The monoisotopic (exact) mass is 356 g/mol. The van der Waals surface area contributed by atoms with Gasteiger partial charge in [0, 0.05) is 42.7 Å². The van der Waals surface area contributed by atoms with E-state index in [1.807, 2.05) is 42.1 Å². The molecule has 1 amide bonds. The second-order valence-electron chi connectivity index (χ2n) is 5.70. The summed E-state index contributed by atoms with van der Waals surface area (Å²) in [7, 11) is 1.95. The number of hydrogen-bond donors (Lipinski definition) is 2. The minimum Gasteiger partial charge on any atom is -0.334 e. The van der Waals surface area contributed by atoms with Gasteiger partial charge in [-0.05, 0) is 31.4 Å². The number of nitrogens with one attached hydrogen (secondary N) is 1. The van der Waals surface area contributed by atoms with Crippen molar-refractivity contribution in [1.29, 1.82) is 0 Å². The van der Waals surface area contributed by atoms with Crippen molar-refractivity contribution in [2.45, 2.75) is 25.3 Å². The Balaban J connectivity index is 0.00000132. The van der Waals surface area contributed by atoms with E-state index in [1.165, 1.54) is 0 Å². The molecule has 2 aromatic rings. The van der Waals surface area contributed by atoms with Gasteiger partial charge < -0.3 is 15.6 Å². The average molecular weight is 357 g/mol. The topological polar surface area (TPSA) is 72.9 Å². The smallest absolute Gasteiger partial charge is 0.227 e.